The molecule has 2 aromatic carbocycles. The normalized spacial score (nSPS) is 11.9. The summed E-state index contributed by atoms with van der Waals surface area (Å²) < 4.78 is 32.3. The van der Waals surface area contributed by atoms with Crippen molar-refractivity contribution in [1.82, 2.24) is 14.9 Å². The number of aliphatic imine (C=N–C) groups is 1. The minimum Gasteiger partial charge on any atom is -0.497 e. The average Bonchev–Trinajstić information content (AvgIpc) is 2.68. The Bertz CT molecular complexity index is 902. The van der Waals surface area contributed by atoms with Gasteiger partial charge in [0.2, 0.25) is 10.0 Å². The molecule has 7 nitrogen and oxygen atoms in total. The molecule has 9 heteroatoms. The molecule has 0 amide bonds. The number of ether oxygens (including phenoxy) is 1. The molecule has 2 aromatic rings. The van der Waals surface area contributed by atoms with Gasteiger partial charge in [-0.2, -0.15) is 0 Å². The van der Waals surface area contributed by atoms with Crippen LogP contribution in [0.3, 0.4) is 0 Å². The summed E-state index contributed by atoms with van der Waals surface area (Å²) in [4.78, 5) is 6.33. The van der Waals surface area contributed by atoms with Crippen molar-refractivity contribution in [1.29, 1.82) is 0 Å². The van der Waals surface area contributed by atoms with Gasteiger partial charge in [-0.15, -0.1) is 0 Å². The van der Waals surface area contributed by atoms with E-state index < -0.39 is 10.0 Å². The Labute approximate surface area is 171 Å². The fraction of sp³-hybridized carbons (Fsp3) is 0.316. The van der Waals surface area contributed by atoms with Gasteiger partial charge in [-0.3, -0.25) is 4.99 Å². The van der Waals surface area contributed by atoms with E-state index in [-0.39, 0.29) is 11.4 Å². The molecule has 0 heterocycles. The summed E-state index contributed by atoms with van der Waals surface area (Å²) in [6, 6.07) is 13.9. The first-order chi connectivity index (χ1) is 13.4. The highest BCUT2D eigenvalue weighted by Crippen LogP contribution is 2.15. The molecular weight excluding hydrogens is 400 g/mol. The van der Waals surface area contributed by atoms with Crippen molar-refractivity contribution < 1.29 is 13.2 Å². The molecule has 0 spiro atoms. The van der Waals surface area contributed by atoms with Crippen molar-refractivity contribution in [3.63, 3.8) is 0 Å². The Kier molecular flexibility index (Phi) is 8.10. The number of nitrogens with zero attached hydrogens (tertiary/aromatic N) is 2. The van der Waals surface area contributed by atoms with Gasteiger partial charge in [0.05, 0.1) is 12.0 Å². The van der Waals surface area contributed by atoms with Crippen LogP contribution in [0.5, 0.6) is 5.75 Å². The summed E-state index contributed by atoms with van der Waals surface area (Å²) in [7, 11) is 1.63. The number of halogens is 1. The lowest BCUT2D eigenvalue weighted by Crippen LogP contribution is -2.42. The zero-order valence-corrected chi connectivity index (χ0v) is 17.7. The van der Waals surface area contributed by atoms with Gasteiger partial charge in [-0.1, -0.05) is 29.8 Å². The third-order valence-electron chi connectivity index (χ3n) is 3.96. The Balaban J connectivity index is 1.84. The fourth-order valence-corrected chi connectivity index (χ4v) is 3.87. The first-order valence-electron chi connectivity index (χ1n) is 8.65. The Morgan fingerprint density at radius 3 is 2.50 bits per heavy atom. The first kappa shape index (κ1) is 22.0. The maximum absolute atomic E-state index is 12.3. The highest BCUT2D eigenvalue weighted by atomic mass is 35.5. The zero-order chi connectivity index (χ0) is 20.6. The number of hydrogen-bond acceptors (Lipinski definition) is 4. The molecule has 2 rings (SSSR count). The van der Waals surface area contributed by atoms with Crippen LogP contribution in [-0.4, -0.2) is 53.6 Å². The maximum atomic E-state index is 12.3. The van der Waals surface area contributed by atoms with Crippen LogP contribution in [0.1, 0.15) is 5.56 Å². The summed E-state index contributed by atoms with van der Waals surface area (Å²) in [6.07, 6.45) is 0. The molecule has 0 fully saturated rings. The van der Waals surface area contributed by atoms with E-state index in [1.807, 2.05) is 36.2 Å². The zero-order valence-electron chi connectivity index (χ0n) is 16.1. The van der Waals surface area contributed by atoms with Gasteiger partial charge in [0.15, 0.2) is 5.96 Å². The number of methoxy groups -OCH3 is 1. The molecule has 0 radical (unpaired) electrons. The van der Waals surface area contributed by atoms with Gasteiger partial charge in [-0.05, 0) is 35.9 Å². The minimum absolute atomic E-state index is 0.140. The summed E-state index contributed by atoms with van der Waals surface area (Å²) >= 11 is 5.86. The lowest BCUT2D eigenvalue weighted by molar-refractivity contribution is 0.414. The largest absolute Gasteiger partial charge is 0.497 e. The number of hydrogen-bond donors (Lipinski definition) is 2. The Hall–Kier alpha value is -2.29. The van der Waals surface area contributed by atoms with Gasteiger partial charge in [0.1, 0.15) is 5.75 Å². The molecule has 0 aromatic heterocycles. The molecule has 0 saturated carbocycles. The molecule has 0 bridgehead atoms. The lowest BCUT2D eigenvalue weighted by atomic mass is 10.2. The van der Waals surface area contributed by atoms with Crippen molar-refractivity contribution in [2.45, 2.75) is 11.4 Å². The molecule has 0 aliphatic carbocycles. The third-order valence-corrected chi connectivity index (χ3v) is 5.65. The predicted octanol–water partition coefficient (Wildman–Crippen LogP) is 2.33. The number of guanidine groups is 1. The summed E-state index contributed by atoms with van der Waals surface area (Å²) in [5, 5.41) is 3.52. The molecule has 0 aliphatic rings. The Morgan fingerprint density at radius 2 is 1.89 bits per heavy atom. The molecule has 0 aliphatic heterocycles. The lowest BCUT2D eigenvalue weighted by Gasteiger charge is -2.22. The fourth-order valence-electron chi connectivity index (χ4n) is 2.54. The van der Waals surface area contributed by atoms with Gasteiger partial charge in [-0.25, -0.2) is 13.1 Å². The van der Waals surface area contributed by atoms with Gasteiger partial charge >= 0.3 is 0 Å². The quantitative estimate of drug-likeness (QED) is 0.386. The second-order valence-corrected chi connectivity index (χ2v) is 8.24. The Morgan fingerprint density at radius 1 is 1.18 bits per heavy atom. The van der Waals surface area contributed by atoms with Crippen molar-refractivity contribution in [2.75, 3.05) is 34.3 Å². The van der Waals surface area contributed by atoms with E-state index in [2.05, 4.69) is 15.0 Å². The van der Waals surface area contributed by atoms with Gasteiger partial charge in [0, 0.05) is 38.8 Å². The second kappa shape index (κ2) is 10.3. The minimum atomic E-state index is -3.60. The standard InChI is InChI=1S/C19H25ClN4O3S/c1-21-19(24(2)14-15-7-9-17(27-3)10-8-15)22-11-12-23-28(25,26)18-6-4-5-16(20)13-18/h4-10,13,23H,11-12,14H2,1-3H3,(H,21,22). The van der Waals surface area contributed by atoms with Crippen molar-refractivity contribution in [3.8, 4) is 5.75 Å². The van der Waals surface area contributed by atoms with E-state index >= 15 is 0 Å². The van der Waals surface area contributed by atoms with Crippen molar-refractivity contribution in [2.24, 2.45) is 4.99 Å². The number of nitrogens with one attached hydrogen (secondary N) is 2. The monoisotopic (exact) mass is 424 g/mol. The van der Waals surface area contributed by atoms with E-state index in [0.717, 1.165) is 11.3 Å². The van der Waals surface area contributed by atoms with E-state index in [9.17, 15) is 8.42 Å². The van der Waals surface area contributed by atoms with E-state index in [1.165, 1.54) is 12.1 Å². The number of sulfonamides is 1. The van der Waals surface area contributed by atoms with Crippen molar-refractivity contribution >= 4 is 27.6 Å². The molecule has 0 unspecified atom stereocenters. The van der Waals surface area contributed by atoms with E-state index in [4.69, 9.17) is 16.3 Å². The number of benzene rings is 2. The van der Waals surface area contributed by atoms with E-state index in [0.29, 0.717) is 24.1 Å². The predicted molar refractivity (Wildman–Crippen MR) is 112 cm³/mol. The molecule has 0 atom stereocenters. The maximum Gasteiger partial charge on any atom is 0.240 e. The topological polar surface area (TPSA) is 83.0 Å². The molecular formula is C19H25ClN4O3S. The van der Waals surface area contributed by atoms with Crippen LogP contribution in [0.25, 0.3) is 0 Å². The highest BCUT2D eigenvalue weighted by Gasteiger charge is 2.14. The third kappa shape index (κ3) is 6.40. The first-order valence-corrected chi connectivity index (χ1v) is 10.5. The van der Waals surface area contributed by atoms with Crippen LogP contribution in [0.15, 0.2) is 58.4 Å². The number of rotatable bonds is 8. The second-order valence-electron chi connectivity index (χ2n) is 6.03. The van der Waals surface area contributed by atoms with Crippen LogP contribution in [0.4, 0.5) is 0 Å². The molecule has 0 saturated heterocycles. The van der Waals surface area contributed by atoms with Crippen LogP contribution < -0.4 is 14.8 Å². The molecule has 2 N–H and O–H groups in total. The summed E-state index contributed by atoms with van der Waals surface area (Å²) in [5.41, 5.74) is 1.10. The van der Waals surface area contributed by atoms with Crippen LogP contribution >= 0.6 is 11.6 Å². The molecule has 28 heavy (non-hydrogen) atoms. The molecule has 152 valence electrons. The van der Waals surface area contributed by atoms with Crippen LogP contribution in [-0.2, 0) is 16.6 Å². The SMILES string of the molecule is CN=C(NCCNS(=O)(=O)c1cccc(Cl)c1)N(C)Cc1ccc(OC)cc1. The highest BCUT2D eigenvalue weighted by molar-refractivity contribution is 7.89. The van der Waals surface area contributed by atoms with Crippen LogP contribution in [0.2, 0.25) is 5.02 Å². The van der Waals surface area contributed by atoms with Crippen molar-refractivity contribution in [3.05, 3.63) is 59.1 Å². The smallest absolute Gasteiger partial charge is 0.240 e. The van der Waals surface area contributed by atoms with Crippen LogP contribution in [0, 0.1) is 0 Å². The summed E-state index contributed by atoms with van der Waals surface area (Å²) in [5.74, 6) is 1.47. The van der Waals surface area contributed by atoms with Gasteiger partial charge in [0.25, 0.3) is 0 Å². The van der Waals surface area contributed by atoms with E-state index in [1.54, 1.807) is 26.3 Å². The van der Waals surface area contributed by atoms with Gasteiger partial charge < -0.3 is 15.0 Å². The average molecular weight is 425 g/mol. The summed E-state index contributed by atoms with van der Waals surface area (Å²) in [6.45, 7) is 1.25.